The molecule has 1 aliphatic carbocycles. The van der Waals surface area contributed by atoms with Gasteiger partial charge in [0.25, 0.3) is 5.91 Å². The first-order chi connectivity index (χ1) is 9.56. The summed E-state index contributed by atoms with van der Waals surface area (Å²) in [6, 6.07) is 5.72. The molecule has 1 saturated carbocycles. The molecule has 0 spiro atoms. The van der Waals surface area contributed by atoms with Gasteiger partial charge in [-0.1, -0.05) is 6.92 Å². The fourth-order valence-electron chi connectivity index (χ4n) is 2.48. The Morgan fingerprint density at radius 2 is 2.25 bits per heavy atom. The number of amides is 1. The summed E-state index contributed by atoms with van der Waals surface area (Å²) in [5, 5.41) is 4.02. The average Bonchev–Trinajstić information content (AvgIpc) is 2.81. The van der Waals surface area contributed by atoms with E-state index >= 15 is 0 Å². The fourth-order valence-corrected chi connectivity index (χ4v) is 2.48. The monoisotopic (exact) mass is 273 g/mol. The van der Waals surface area contributed by atoms with E-state index in [0.717, 1.165) is 17.4 Å². The number of carbonyl (C=O) groups excluding carboxylic acids is 1. The largest absolute Gasteiger partial charge is 0.464 e. The van der Waals surface area contributed by atoms with Crippen LogP contribution in [-0.2, 0) is 13.6 Å². The van der Waals surface area contributed by atoms with Crippen LogP contribution in [-0.4, -0.2) is 27.6 Å². The van der Waals surface area contributed by atoms with Crippen LogP contribution >= 0.6 is 0 Å². The lowest BCUT2D eigenvalue weighted by Gasteiger charge is -2.15. The molecule has 2 heterocycles. The molecular formula is C15H19N3O2. The van der Waals surface area contributed by atoms with Crippen LogP contribution in [0.4, 0.5) is 0 Å². The standard InChI is InChI=1S/C15H19N3O2/c1-10-8-12(10)14-5-4-11(20-14)9-17(2)15(19)13-6-7-16-18(13)3/h4-7,10,12H,8-9H2,1-3H3/t10-,12+/m1/s1. The van der Waals surface area contributed by atoms with Gasteiger partial charge in [-0.3, -0.25) is 9.48 Å². The summed E-state index contributed by atoms with van der Waals surface area (Å²) in [4.78, 5) is 13.9. The van der Waals surface area contributed by atoms with E-state index in [9.17, 15) is 4.79 Å². The van der Waals surface area contributed by atoms with Gasteiger partial charge in [0, 0.05) is 26.2 Å². The zero-order valence-corrected chi connectivity index (χ0v) is 12.0. The zero-order valence-electron chi connectivity index (χ0n) is 12.0. The third-order valence-corrected chi connectivity index (χ3v) is 3.94. The normalized spacial score (nSPS) is 20.9. The van der Waals surface area contributed by atoms with Gasteiger partial charge < -0.3 is 9.32 Å². The quantitative estimate of drug-likeness (QED) is 0.859. The van der Waals surface area contributed by atoms with E-state index in [1.165, 1.54) is 6.42 Å². The molecule has 0 saturated heterocycles. The molecule has 0 bridgehead atoms. The molecule has 1 fully saturated rings. The second kappa shape index (κ2) is 4.81. The van der Waals surface area contributed by atoms with Crippen molar-refractivity contribution in [1.82, 2.24) is 14.7 Å². The molecule has 2 atom stereocenters. The average molecular weight is 273 g/mol. The maximum absolute atomic E-state index is 12.3. The Bertz CT molecular complexity index is 629. The third-order valence-electron chi connectivity index (χ3n) is 3.94. The first-order valence-corrected chi connectivity index (χ1v) is 6.88. The van der Waals surface area contributed by atoms with Crippen LogP contribution in [0.3, 0.4) is 0 Å². The highest BCUT2D eigenvalue weighted by molar-refractivity contribution is 5.92. The smallest absolute Gasteiger partial charge is 0.272 e. The Hall–Kier alpha value is -2.04. The highest BCUT2D eigenvalue weighted by atomic mass is 16.3. The van der Waals surface area contributed by atoms with Gasteiger partial charge in [-0.15, -0.1) is 0 Å². The Morgan fingerprint density at radius 3 is 2.85 bits per heavy atom. The van der Waals surface area contributed by atoms with Crippen molar-refractivity contribution in [2.24, 2.45) is 13.0 Å². The first kappa shape index (κ1) is 13.0. The third kappa shape index (κ3) is 2.35. The van der Waals surface area contributed by atoms with E-state index in [0.29, 0.717) is 18.2 Å². The van der Waals surface area contributed by atoms with Crippen LogP contribution in [0.25, 0.3) is 0 Å². The lowest BCUT2D eigenvalue weighted by Crippen LogP contribution is -2.27. The Kier molecular flexibility index (Phi) is 3.12. The fraction of sp³-hybridized carbons (Fsp3) is 0.467. The van der Waals surface area contributed by atoms with E-state index in [2.05, 4.69) is 12.0 Å². The molecule has 0 aromatic carbocycles. The highest BCUT2D eigenvalue weighted by Crippen LogP contribution is 2.47. The van der Waals surface area contributed by atoms with Crippen molar-refractivity contribution in [3.8, 4) is 0 Å². The van der Waals surface area contributed by atoms with Crippen molar-refractivity contribution >= 4 is 5.91 Å². The Morgan fingerprint density at radius 1 is 1.50 bits per heavy atom. The minimum atomic E-state index is -0.0530. The molecular weight excluding hydrogens is 254 g/mol. The molecule has 0 N–H and O–H groups in total. The summed E-state index contributed by atoms with van der Waals surface area (Å²) in [5.74, 6) is 3.12. The van der Waals surface area contributed by atoms with E-state index in [4.69, 9.17) is 4.42 Å². The van der Waals surface area contributed by atoms with Crippen molar-refractivity contribution < 1.29 is 9.21 Å². The van der Waals surface area contributed by atoms with E-state index in [1.807, 2.05) is 12.1 Å². The molecule has 5 nitrogen and oxygen atoms in total. The summed E-state index contributed by atoms with van der Waals surface area (Å²) < 4.78 is 7.41. The van der Waals surface area contributed by atoms with E-state index in [-0.39, 0.29) is 5.91 Å². The molecule has 1 amide bonds. The van der Waals surface area contributed by atoms with Gasteiger partial charge in [-0.2, -0.15) is 5.10 Å². The molecule has 3 rings (SSSR count). The summed E-state index contributed by atoms with van der Waals surface area (Å²) in [6.07, 6.45) is 2.83. The van der Waals surface area contributed by atoms with Crippen molar-refractivity contribution in [2.75, 3.05) is 7.05 Å². The predicted octanol–water partition coefficient (Wildman–Crippen LogP) is 2.41. The maximum Gasteiger partial charge on any atom is 0.272 e. The van der Waals surface area contributed by atoms with Gasteiger partial charge in [-0.25, -0.2) is 0 Å². The number of furan rings is 1. The summed E-state index contributed by atoms with van der Waals surface area (Å²) in [7, 11) is 3.54. The second-order valence-electron chi connectivity index (χ2n) is 5.62. The molecule has 0 radical (unpaired) electrons. The number of hydrogen-bond donors (Lipinski definition) is 0. The van der Waals surface area contributed by atoms with Crippen LogP contribution in [0.1, 0.15) is 41.3 Å². The number of aromatic nitrogens is 2. The van der Waals surface area contributed by atoms with Crippen LogP contribution in [0.5, 0.6) is 0 Å². The summed E-state index contributed by atoms with van der Waals surface area (Å²) in [6.45, 7) is 2.70. The maximum atomic E-state index is 12.3. The molecule has 5 heteroatoms. The van der Waals surface area contributed by atoms with Crippen molar-refractivity contribution in [1.29, 1.82) is 0 Å². The van der Waals surface area contributed by atoms with Crippen molar-refractivity contribution in [3.05, 3.63) is 41.6 Å². The van der Waals surface area contributed by atoms with Gasteiger partial charge in [0.1, 0.15) is 17.2 Å². The molecule has 0 unspecified atom stereocenters. The minimum absolute atomic E-state index is 0.0530. The number of carbonyl (C=O) groups is 1. The number of nitrogens with zero attached hydrogens (tertiary/aromatic N) is 3. The second-order valence-corrected chi connectivity index (χ2v) is 5.62. The highest BCUT2D eigenvalue weighted by Gasteiger charge is 2.36. The first-order valence-electron chi connectivity index (χ1n) is 6.88. The van der Waals surface area contributed by atoms with Crippen LogP contribution in [0, 0.1) is 5.92 Å². The lowest BCUT2D eigenvalue weighted by atomic mass is 10.3. The van der Waals surface area contributed by atoms with Crippen LogP contribution < -0.4 is 0 Å². The topological polar surface area (TPSA) is 51.3 Å². The van der Waals surface area contributed by atoms with E-state index in [1.54, 1.807) is 35.9 Å². The van der Waals surface area contributed by atoms with Crippen molar-refractivity contribution in [2.45, 2.75) is 25.8 Å². The lowest BCUT2D eigenvalue weighted by molar-refractivity contribution is 0.0764. The molecule has 106 valence electrons. The Labute approximate surface area is 118 Å². The minimum Gasteiger partial charge on any atom is -0.464 e. The summed E-state index contributed by atoms with van der Waals surface area (Å²) in [5.41, 5.74) is 0.579. The SMILES string of the molecule is C[C@@H]1C[C@@H]1c1ccc(CN(C)C(=O)c2ccnn2C)o1. The molecule has 0 aliphatic heterocycles. The molecule has 1 aliphatic rings. The zero-order chi connectivity index (χ0) is 14.3. The number of rotatable bonds is 4. The van der Waals surface area contributed by atoms with E-state index < -0.39 is 0 Å². The van der Waals surface area contributed by atoms with Crippen LogP contribution in [0.2, 0.25) is 0 Å². The van der Waals surface area contributed by atoms with Gasteiger partial charge in [-0.05, 0) is 30.5 Å². The van der Waals surface area contributed by atoms with Gasteiger partial charge in [0.05, 0.1) is 6.54 Å². The van der Waals surface area contributed by atoms with Gasteiger partial charge >= 0.3 is 0 Å². The van der Waals surface area contributed by atoms with Crippen molar-refractivity contribution in [3.63, 3.8) is 0 Å². The number of aryl methyl sites for hydroxylation is 1. The molecule has 2 aromatic heterocycles. The number of hydrogen-bond acceptors (Lipinski definition) is 3. The summed E-state index contributed by atoms with van der Waals surface area (Å²) >= 11 is 0. The molecule has 2 aromatic rings. The van der Waals surface area contributed by atoms with Crippen LogP contribution in [0.15, 0.2) is 28.8 Å². The van der Waals surface area contributed by atoms with Gasteiger partial charge in [0.2, 0.25) is 0 Å². The molecule has 20 heavy (non-hydrogen) atoms. The Balaban J connectivity index is 1.66. The predicted molar refractivity (Wildman–Crippen MR) is 74.2 cm³/mol. The van der Waals surface area contributed by atoms with Gasteiger partial charge in [0.15, 0.2) is 0 Å².